The van der Waals surface area contributed by atoms with Crippen molar-refractivity contribution in [3.63, 3.8) is 0 Å². The van der Waals surface area contributed by atoms with Gasteiger partial charge in [-0.1, -0.05) is 211 Å². The van der Waals surface area contributed by atoms with Crippen LogP contribution in [-0.2, 0) is 20.9 Å². The number of hydrogen-bond acceptors (Lipinski definition) is 4. The lowest BCUT2D eigenvalue weighted by molar-refractivity contribution is -0.148. The van der Waals surface area contributed by atoms with Crippen molar-refractivity contribution in [1.82, 2.24) is 0 Å². The standard InChI is InChI=1S/C41H74O4/c1-2-3-4-5-6-7-8-9-10-11-12-13-14-15-16-17-18-19-20-21-22-23-24-25-26-27-28-32-35-41(43)45-38-40(42)37-44-36-39-33-30-29-31-34-39/h29-31,33-34,40,42H,2-28,32,35-38H2,1H3/t40-/m0/s1. The highest BCUT2D eigenvalue weighted by Gasteiger charge is 2.09. The van der Waals surface area contributed by atoms with E-state index in [2.05, 4.69) is 6.92 Å². The quantitative estimate of drug-likeness (QED) is 0.0599. The zero-order valence-electron chi connectivity index (χ0n) is 29.8. The van der Waals surface area contributed by atoms with Gasteiger partial charge in [0.05, 0.1) is 13.2 Å². The second-order valence-electron chi connectivity index (χ2n) is 13.6. The highest BCUT2D eigenvalue weighted by molar-refractivity contribution is 5.69. The van der Waals surface area contributed by atoms with Crippen molar-refractivity contribution in [2.45, 2.75) is 206 Å². The van der Waals surface area contributed by atoms with Crippen molar-refractivity contribution >= 4 is 5.97 Å². The number of unbranched alkanes of at least 4 members (excludes halogenated alkanes) is 27. The van der Waals surface area contributed by atoms with Gasteiger partial charge in [0.15, 0.2) is 0 Å². The van der Waals surface area contributed by atoms with Crippen molar-refractivity contribution in [3.05, 3.63) is 35.9 Å². The van der Waals surface area contributed by atoms with Crippen molar-refractivity contribution in [2.24, 2.45) is 0 Å². The summed E-state index contributed by atoms with van der Waals surface area (Å²) >= 11 is 0. The number of hydrogen-bond donors (Lipinski definition) is 1. The first-order valence-corrected chi connectivity index (χ1v) is 19.7. The zero-order valence-corrected chi connectivity index (χ0v) is 29.8. The number of aliphatic hydroxyl groups is 1. The molecule has 1 aromatic rings. The number of benzene rings is 1. The highest BCUT2D eigenvalue weighted by atomic mass is 16.5. The first-order valence-electron chi connectivity index (χ1n) is 19.7. The molecule has 0 amide bonds. The molecule has 0 aliphatic heterocycles. The molecule has 1 rings (SSSR count). The predicted molar refractivity (Wildman–Crippen MR) is 193 cm³/mol. The molecule has 45 heavy (non-hydrogen) atoms. The second kappa shape index (κ2) is 34.0. The van der Waals surface area contributed by atoms with Crippen molar-refractivity contribution < 1.29 is 19.4 Å². The summed E-state index contributed by atoms with van der Waals surface area (Å²) in [5, 5.41) is 9.95. The lowest BCUT2D eigenvalue weighted by Gasteiger charge is -2.12. The van der Waals surface area contributed by atoms with Crippen LogP contribution in [0.3, 0.4) is 0 Å². The third kappa shape index (κ3) is 31.0. The maximum absolute atomic E-state index is 11.9. The molecule has 0 radical (unpaired) electrons. The summed E-state index contributed by atoms with van der Waals surface area (Å²) in [6, 6.07) is 9.84. The molecule has 4 nitrogen and oxygen atoms in total. The van der Waals surface area contributed by atoms with Gasteiger partial charge in [0.1, 0.15) is 12.7 Å². The topological polar surface area (TPSA) is 55.8 Å². The van der Waals surface area contributed by atoms with Gasteiger partial charge >= 0.3 is 5.97 Å². The highest BCUT2D eigenvalue weighted by Crippen LogP contribution is 2.16. The Morgan fingerprint density at radius 3 is 1.27 bits per heavy atom. The van der Waals surface area contributed by atoms with Gasteiger partial charge in [-0.25, -0.2) is 0 Å². The van der Waals surface area contributed by atoms with Crippen LogP contribution in [-0.4, -0.2) is 30.4 Å². The summed E-state index contributed by atoms with van der Waals surface area (Å²) in [6.45, 7) is 2.92. The molecule has 1 atom stereocenters. The Morgan fingerprint density at radius 1 is 0.533 bits per heavy atom. The normalized spacial score (nSPS) is 12.0. The van der Waals surface area contributed by atoms with E-state index in [0.717, 1.165) is 18.4 Å². The van der Waals surface area contributed by atoms with E-state index in [4.69, 9.17) is 9.47 Å². The summed E-state index contributed by atoms with van der Waals surface area (Å²) < 4.78 is 10.7. The van der Waals surface area contributed by atoms with Gasteiger partial charge in [-0.3, -0.25) is 4.79 Å². The fourth-order valence-electron chi connectivity index (χ4n) is 6.14. The Balaban J connectivity index is 1.69. The third-order valence-corrected chi connectivity index (χ3v) is 9.09. The van der Waals surface area contributed by atoms with Crippen molar-refractivity contribution in [3.8, 4) is 0 Å². The van der Waals surface area contributed by atoms with Crippen LogP contribution in [0.5, 0.6) is 0 Å². The minimum Gasteiger partial charge on any atom is -0.463 e. The summed E-state index contributed by atoms with van der Waals surface area (Å²) in [5.41, 5.74) is 1.06. The molecular weight excluding hydrogens is 556 g/mol. The molecule has 4 heteroatoms. The molecule has 0 spiro atoms. The molecule has 0 saturated carbocycles. The van der Waals surface area contributed by atoms with Crippen molar-refractivity contribution in [1.29, 1.82) is 0 Å². The summed E-state index contributed by atoms with van der Waals surface area (Å²) in [5.74, 6) is -0.216. The van der Waals surface area contributed by atoms with Crippen LogP contribution < -0.4 is 0 Å². The molecule has 0 aliphatic rings. The molecule has 1 N–H and O–H groups in total. The van der Waals surface area contributed by atoms with Gasteiger partial charge in [0.2, 0.25) is 0 Å². The van der Waals surface area contributed by atoms with Gasteiger partial charge in [0, 0.05) is 6.42 Å². The Morgan fingerprint density at radius 2 is 0.889 bits per heavy atom. The lowest BCUT2D eigenvalue weighted by atomic mass is 10.0. The van der Waals surface area contributed by atoms with E-state index in [1.807, 2.05) is 30.3 Å². The Labute approximate surface area is 279 Å². The molecule has 0 heterocycles. The molecule has 0 bridgehead atoms. The Hall–Kier alpha value is -1.39. The fraction of sp³-hybridized carbons (Fsp3) is 0.829. The number of esters is 1. The summed E-state index contributed by atoms with van der Waals surface area (Å²) in [4.78, 5) is 11.9. The molecule has 0 aliphatic carbocycles. The minimum absolute atomic E-state index is 0.00710. The number of aliphatic hydroxyl groups excluding tert-OH is 1. The van der Waals surface area contributed by atoms with Crippen LogP contribution in [0.1, 0.15) is 199 Å². The van der Waals surface area contributed by atoms with E-state index in [0.29, 0.717) is 13.0 Å². The molecule has 0 aromatic heterocycles. The van der Waals surface area contributed by atoms with Gasteiger partial charge in [0.25, 0.3) is 0 Å². The lowest BCUT2D eigenvalue weighted by Crippen LogP contribution is -2.23. The average Bonchev–Trinajstić information content (AvgIpc) is 3.05. The van der Waals surface area contributed by atoms with Crippen LogP contribution in [0.4, 0.5) is 0 Å². The number of carbonyl (C=O) groups is 1. The maximum Gasteiger partial charge on any atom is 0.305 e. The predicted octanol–water partition coefficient (Wildman–Crippen LogP) is 12.4. The largest absolute Gasteiger partial charge is 0.463 e. The van der Waals surface area contributed by atoms with Crippen LogP contribution in [0.25, 0.3) is 0 Å². The first-order chi connectivity index (χ1) is 22.2. The van der Waals surface area contributed by atoms with Crippen molar-refractivity contribution in [2.75, 3.05) is 13.2 Å². The average molecular weight is 631 g/mol. The number of ether oxygens (including phenoxy) is 2. The van der Waals surface area contributed by atoms with Gasteiger partial charge in [-0.05, 0) is 12.0 Å². The summed E-state index contributed by atoms with van der Waals surface area (Å²) in [6.07, 6.45) is 38.5. The van der Waals surface area contributed by atoms with E-state index in [9.17, 15) is 9.90 Å². The summed E-state index contributed by atoms with van der Waals surface area (Å²) in [7, 11) is 0. The first kappa shape index (κ1) is 41.6. The number of carbonyl (C=O) groups excluding carboxylic acids is 1. The Kier molecular flexibility index (Phi) is 31.4. The van der Waals surface area contributed by atoms with E-state index in [1.54, 1.807) is 0 Å². The van der Waals surface area contributed by atoms with E-state index >= 15 is 0 Å². The SMILES string of the molecule is CCCCCCCCCCCCCCCCCCCCCCCCCCCCCCC(=O)OC[C@@H](O)COCc1ccccc1. The second-order valence-corrected chi connectivity index (χ2v) is 13.6. The van der Waals surface area contributed by atoms with E-state index < -0.39 is 6.10 Å². The molecular formula is C41H74O4. The molecule has 0 unspecified atom stereocenters. The monoisotopic (exact) mass is 631 g/mol. The van der Waals surface area contributed by atoms with E-state index in [-0.39, 0.29) is 19.2 Å². The minimum atomic E-state index is -0.777. The van der Waals surface area contributed by atoms with Gasteiger partial charge in [-0.2, -0.15) is 0 Å². The Bertz CT molecular complexity index is 721. The van der Waals surface area contributed by atoms with Gasteiger partial charge < -0.3 is 14.6 Å². The van der Waals surface area contributed by atoms with Gasteiger partial charge in [-0.15, -0.1) is 0 Å². The molecule has 1 aromatic carbocycles. The molecule has 0 fully saturated rings. The molecule has 262 valence electrons. The third-order valence-electron chi connectivity index (χ3n) is 9.09. The molecule has 0 saturated heterocycles. The van der Waals surface area contributed by atoms with Crippen LogP contribution in [0.2, 0.25) is 0 Å². The number of rotatable bonds is 35. The fourth-order valence-corrected chi connectivity index (χ4v) is 6.14. The van der Waals surface area contributed by atoms with Crippen LogP contribution in [0, 0.1) is 0 Å². The van der Waals surface area contributed by atoms with E-state index in [1.165, 1.54) is 167 Å². The maximum atomic E-state index is 11.9. The van der Waals surface area contributed by atoms with Crippen LogP contribution >= 0.6 is 0 Å². The smallest absolute Gasteiger partial charge is 0.305 e. The van der Waals surface area contributed by atoms with Crippen LogP contribution in [0.15, 0.2) is 30.3 Å². The zero-order chi connectivity index (χ0) is 32.3.